The third-order valence-electron chi connectivity index (χ3n) is 3.10. The zero-order chi connectivity index (χ0) is 15.4. The standard InChI is InChI=1S/C18H13NO3/c20-16(21)12-11-15-19-17(13-7-3-1-4-8-13)18(22-15)14-9-5-2-6-10-14/h1-12H,(H,20,21)/b12-11+. The van der Waals surface area contributed by atoms with Gasteiger partial charge in [0.2, 0.25) is 5.89 Å². The Hall–Kier alpha value is -3.14. The molecule has 3 rings (SSSR count). The van der Waals surface area contributed by atoms with Crippen molar-refractivity contribution >= 4 is 12.0 Å². The summed E-state index contributed by atoms with van der Waals surface area (Å²) in [6.07, 6.45) is 2.36. The summed E-state index contributed by atoms with van der Waals surface area (Å²) in [4.78, 5) is 15.1. The van der Waals surface area contributed by atoms with Crippen molar-refractivity contribution in [1.82, 2.24) is 4.98 Å². The number of rotatable bonds is 4. The Labute approximate surface area is 127 Å². The first-order valence-electron chi connectivity index (χ1n) is 6.77. The Bertz CT molecular complexity index is 748. The molecule has 0 fully saturated rings. The van der Waals surface area contributed by atoms with Gasteiger partial charge in [-0.1, -0.05) is 60.7 Å². The van der Waals surface area contributed by atoms with Crippen LogP contribution in [0.1, 0.15) is 5.89 Å². The van der Waals surface area contributed by atoms with Crippen LogP contribution in [0.5, 0.6) is 0 Å². The van der Waals surface area contributed by atoms with Gasteiger partial charge in [0, 0.05) is 23.3 Å². The Kier molecular flexibility index (Phi) is 3.83. The summed E-state index contributed by atoms with van der Waals surface area (Å²) in [6, 6.07) is 19.3. The molecule has 1 heterocycles. The molecule has 0 bridgehead atoms. The molecule has 0 atom stereocenters. The zero-order valence-corrected chi connectivity index (χ0v) is 11.6. The smallest absolute Gasteiger partial charge is 0.328 e. The fourth-order valence-corrected chi connectivity index (χ4v) is 2.13. The van der Waals surface area contributed by atoms with Crippen molar-refractivity contribution in [2.75, 3.05) is 0 Å². The van der Waals surface area contributed by atoms with Gasteiger partial charge in [0.05, 0.1) is 0 Å². The van der Waals surface area contributed by atoms with Crippen LogP contribution in [0, 0.1) is 0 Å². The minimum absolute atomic E-state index is 0.264. The molecule has 0 saturated heterocycles. The van der Waals surface area contributed by atoms with E-state index in [2.05, 4.69) is 4.98 Å². The highest BCUT2D eigenvalue weighted by Crippen LogP contribution is 2.32. The van der Waals surface area contributed by atoms with Crippen molar-refractivity contribution in [2.45, 2.75) is 0 Å². The monoisotopic (exact) mass is 291 g/mol. The number of nitrogens with zero attached hydrogens (tertiary/aromatic N) is 1. The number of carboxylic acid groups (broad SMARTS) is 1. The average molecular weight is 291 g/mol. The number of benzene rings is 2. The van der Waals surface area contributed by atoms with E-state index in [4.69, 9.17) is 9.52 Å². The first kappa shape index (κ1) is 13.8. The molecule has 0 spiro atoms. The average Bonchev–Trinajstić information content (AvgIpc) is 2.99. The maximum atomic E-state index is 10.6. The minimum atomic E-state index is -1.04. The predicted molar refractivity (Wildman–Crippen MR) is 84.0 cm³/mol. The largest absolute Gasteiger partial charge is 0.478 e. The quantitative estimate of drug-likeness (QED) is 0.735. The van der Waals surface area contributed by atoms with Gasteiger partial charge in [-0.25, -0.2) is 9.78 Å². The predicted octanol–water partition coefficient (Wildman–Crippen LogP) is 4.11. The van der Waals surface area contributed by atoms with Gasteiger partial charge in [0.25, 0.3) is 0 Å². The number of oxazole rings is 1. The van der Waals surface area contributed by atoms with Crippen molar-refractivity contribution in [3.63, 3.8) is 0 Å². The molecule has 3 aromatic rings. The number of aromatic nitrogens is 1. The highest BCUT2D eigenvalue weighted by atomic mass is 16.4. The van der Waals surface area contributed by atoms with Crippen LogP contribution in [0.2, 0.25) is 0 Å². The molecule has 0 aliphatic rings. The molecule has 108 valence electrons. The number of hydrogen-bond acceptors (Lipinski definition) is 3. The van der Waals surface area contributed by atoms with Crippen molar-refractivity contribution in [1.29, 1.82) is 0 Å². The lowest BCUT2D eigenvalue weighted by Gasteiger charge is -2.00. The highest BCUT2D eigenvalue weighted by Gasteiger charge is 2.15. The number of hydrogen-bond donors (Lipinski definition) is 1. The third kappa shape index (κ3) is 2.96. The van der Waals surface area contributed by atoms with Crippen LogP contribution >= 0.6 is 0 Å². The van der Waals surface area contributed by atoms with Crippen LogP contribution in [0.3, 0.4) is 0 Å². The fraction of sp³-hybridized carbons (Fsp3) is 0. The maximum Gasteiger partial charge on any atom is 0.328 e. The van der Waals surface area contributed by atoms with Gasteiger partial charge in [-0.15, -0.1) is 0 Å². The summed E-state index contributed by atoms with van der Waals surface area (Å²) in [5.41, 5.74) is 2.50. The molecule has 1 N–H and O–H groups in total. The van der Waals surface area contributed by atoms with Gasteiger partial charge >= 0.3 is 5.97 Å². The van der Waals surface area contributed by atoms with E-state index in [1.54, 1.807) is 0 Å². The van der Waals surface area contributed by atoms with Crippen LogP contribution in [0.15, 0.2) is 71.2 Å². The fourth-order valence-electron chi connectivity index (χ4n) is 2.13. The molecule has 22 heavy (non-hydrogen) atoms. The molecule has 4 nitrogen and oxygen atoms in total. The second-order valence-electron chi connectivity index (χ2n) is 4.63. The zero-order valence-electron chi connectivity index (χ0n) is 11.6. The molecule has 0 aliphatic heterocycles. The van der Waals surface area contributed by atoms with E-state index < -0.39 is 5.97 Å². The van der Waals surface area contributed by atoms with Crippen molar-refractivity contribution in [3.05, 3.63) is 72.6 Å². The van der Waals surface area contributed by atoms with E-state index in [0.29, 0.717) is 11.5 Å². The van der Waals surface area contributed by atoms with Crippen LogP contribution in [0.25, 0.3) is 28.7 Å². The van der Waals surface area contributed by atoms with E-state index in [1.807, 2.05) is 60.7 Å². The number of aliphatic carboxylic acids is 1. The summed E-state index contributed by atoms with van der Waals surface area (Å²) in [6.45, 7) is 0. The summed E-state index contributed by atoms with van der Waals surface area (Å²) in [5.74, 6) is -0.155. The Morgan fingerprint density at radius 2 is 1.55 bits per heavy atom. The van der Waals surface area contributed by atoms with Crippen LogP contribution < -0.4 is 0 Å². The molecule has 0 amide bonds. The third-order valence-corrected chi connectivity index (χ3v) is 3.10. The summed E-state index contributed by atoms with van der Waals surface area (Å²) in [7, 11) is 0. The van der Waals surface area contributed by atoms with Gasteiger partial charge < -0.3 is 9.52 Å². The molecule has 0 unspecified atom stereocenters. The molecule has 2 aromatic carbocycles. The second kappa shape index (κ2) is 6.10. The van der Waals surface area contributed by atoms with E-state index in [9.17, 15) is 4.79 Å². The number of carbonyl (C=O) groups is 1. The molecule has 0 radical (unpaired) electrons. The summed E-state index contributed by atoms with van der Waals surface area (Å²) >= 11 is 0. The lowest BCUT2D eigenvalue weighted by molar-refractivity contribution is -0.131. The Balaban J connectivity index is 2.12. The highest BCUT2D eigenvalue weighted by molar-refractivity contribution is 5.85. The SMILES string of the molecule is O=C(O)/C=C/c1nc(-c2ccccc2)c(-c2ccccc2)o1. The van der Waals surface area contributed by atoms with E-state index in [-0.39, 0.29) is 5.89 Å². The normalized spacial score (nSPS) is 10.9. The van der Waals surface area contributed by atoms with E-state index in [1.165, 1.54) is 6.08 Å². The van der Waals surface area contributed by atoms with E-state index >= 15 is 0 Å². The van der Waals surface area contributed by atoms with Gasteiger partial charge in [0.15, 0.2) is 5.76 Å². The first-order valence-corrected chi connectivity index (χ1v) is 6.77. The van der Waals surface area contributed by atoms with E-state index in [0.717, 1.165) is 17.2 Å². The minimum Gasteiger partial charge on any atom is -0.478 e. The second-order valence-corrected chi connectivity index (χ2v) is 4.63. The summed E-state index contributed by atoms with van der Waals surface area (Å²) < 4.78 is 5.74. The van der Waals surface area contributed by atoms with Gasteiger partial charge in [-0.2, -0.15) is 0 Å². The van der Waals surface area contributed by atoms with Gasteiger partial charge in [-0.3, -0.25) is 0 Å². The van der Waals surface area contributed by atoms with Crippen molar-refractivity contribution < 1.29 is 14.3 Å². The summed E-state index contributed by atoms with van der Waals surface area (Å²) in [5, 5.41) is 8.73. The molecule has 0 aliphatic carbocycles. The van der Waals surface area contributed by atoms with Gasteiger partial charge in [0.1, 0.15) is 5.69 Å². The maximum absolute atomic E-state index is 10.6. The molecule has 4 heteroatoms. The van der Waals surface area contributed by atoms with Crippen LogP contribution in [0.4, 0.5) is 0 Å². The topological polar surface area (TPSA) is 63.3 Å². The first-order chi connectivity index (χ1) is 10.7. The van der Waals surface area contributed by atoms with Crippen molar-refractivity contribution in [2.24, 2.45) is 0 Å². The Morgan fingerprint density at radius 1 is 0.955 bits per heavy atom. The molecule has 0 saturated carbocycles. The van der Waals surface area contributed by atoms with Crippen molar-refractivity contribution in [3.8, 4) is 22.6 Å². The van der Waals surface area contributed by atoms with Gasteiger partial charge in [-0.05, 0) is 0 Å². The lowest BCUT2D eigenvalue weighted by Crippen LogP contribution is -1.85. The van der Waals surface area contributed by atoms with Crippen LogP contribution in [-0.2, 0) is 4.79 Å². The lowest BCUT2D eigenvalue weighted by atomic mass is 10.1. The van der Waals surface area contributed by atoms with Crippen LogP contribution in [-0.4, -0.2) is 16.1 Å². The molecule has 1 aromatic heterocycles. The molecular weight excluding hydrogens is 278 g/mol. The molecular formula is C18H13NO3. The Morgan fingerprint density at radius 3 is 2.14 bits per heavy atom. The number of carboxylic acids is 1.